The molecule has 0 saturated carbocycles. The van der Waals surface area contributed by atoms with Crippen LogP contribution >= 0.6 is 11.5 Å². The number of nitrogens with one attached hydrogen (secondary N) is 2. The molecule has 2 aromatic carbocycles. The minimum atomic E-state index is -0.233. The number of rotatable bonds is 5. The number of aromatic nitrogens is 2. The molecule has 2 N–H and O–H groups in total. The number of anilines is 2. The van der Waals surface area contributed by atoms with Crippen LogP contribution in [0.2, 0.25) is 0 Å². The maximum Gasteiger partial charge on any atom is 0.267 e. The average Bonchev–Trinajstić information content (AvgIpc) is 3.27. The van der Waals surface area contributed by atoms with Crippen LogP contribution in [-0.4, -0.2) is 89.5 Å². The van der Waals surface area contributed by atoms with E-state index in [1.165, 1.54) is 0 Å². The van der Waals surface area contributed by atoms with E-state index in [0.717, 1.165) is 42.3 Å². The molecule has 11 heteroatoms. The first-order valence-corrected chi connectivity index (χ1v) is 15.3. The van der Waals surface area contributed by atoms with Gasteiger partial charge in [0.1, 0.15) is 4.88 Å². The minimum absolute atomic E-state index is 0.0158. The fourth-order valence-corrected chi connectivity index (χ4v) is 5.97. The molecule has 3 aromatic rings. The van der Waals surface area contributed by atoms with Gasteiger partial charge in [-0.05, 0) is 66.2 Å². The first kappa shape index (κ1) is 29.7. The standard InChI is InChI=1S/C31H39N7O3S/c1-21-27(42-35-34-21)30(41)37-15-5-14-36(18-19-37)26-11-8-23(29(40)38-16-12-32-13-17-38)20-25(26)33-28(39)22-6-9-24(10-7-22)31(2,3)4/h6-11,20,32H,5,12-19H2,1-4H3,(H,33,39). The number of amides is 3. The van der Waals surface area contributed by atoms with Crippen molar-refractivity contribution in [3.8, 4) is 0 Å². The number of carbonyl (C=O) groups excluding carboxylic acids is 3. The van der Waals surface area contributed by atoms with Crippen molar-refractivity contribution in [2.75, 3.05) is 62.6 Å². The summed E-state index contributed by atoms with van der Waals surface area (Å²) in [5.41, 5.74) is 4.29. The molecule has 3 heterocycles. The summed E-state index contributed by atoms with van der Waals surface area (Å²) in [7, 11) is 0. The Bertz CT molecular complexity index is 1440. The second kappa shape index (κ2) is 12.6. The van der Waals surface area contributed by atoms with Gasteiger partial charge in [-0.25, -0.2) is 0 Å². The van der Waals surface area contributed by atoms with Gasteiger partial charge in [-0.3, -0.25) is 14.4 Å². The molecule has 2 saturated heterocycles. The van der Waals surface area contributed by atoms with Gasteiger partial charge in [-0.2, -0.15) is 0 Å². The van der Waals surface area contributed by atoms with Crippen molar-refractivity contribution in [2.45, 2.75) is 39.5 Å². The Morgan fingerprint density at radius 1 is 0.857 bits per heavy atom. The molecule has 10 nitrogen and oxygen atoms in total. The van der Waals surface area contributed by atoms with E-state index in [4.69, 9.17) is 0 Å². The summed E-state index contributed by atoms with van der Waals surface area (Å²) in [5, 5.41) is 10.4. The summed E-state index contributed by atoms with van der Waals surface area (Å²) in [6.07, 6.45) is 0.764. The molecule has 2 aliphatic rings. The van der Waals surface area contributed by atoms with Gasteiger partial charge in [-0.1, -0.05) is 37.4 Å². The Morgan fingerprint density at radius 3 is 2.21 bits per heavy atom. The van der Waals surface area contributed by atoms with E-state index < -0.39 is 0 Å². The molecule has 0 radical (unpaired) electrons. The zero-order valence-corrected chi connectivity index (χ0v) is 25.6. The summed E-state index contributed by atoms with van der Waals surface area (Å²) in [6.45, 7) is 13.5. The second-order valence-corrected chi connectivity index (χ2v) is 12.6. The van der Waals surface area contributed by atoms with Crippen LogP contribution < -0.4 is 15.5 Å². The van der Waals surface area contributed by atoms with Gasteiger partial charge in [-0.15, -0.1) is 5.10 Å². The van der Waals surface area contributed by atoms with Gasteiger partial charge in [0.2, 0.25) is 0 Å². The van der Waals surface area contributed by atoms with E-state index in [1.54, 1.807) is 13.0 Å². The lowest BCUT2D eigenvalue weighted by molar-refractivity contribution is 0.0734. The average molecular weight is 590 g/mol. The number of hydrogen-bond donors (Lipinski definition) is 2. The topological polar surface area (TPSA) is 111 Å². The lowest BCUT2D eigenvalue weighted by Crippen LogP contribution is -2.46. The molecule has 2 fully saturated rings. The quantitative estimate of drug-likeness (QED) is 0.466. The SMILES string of the molecule is Cc1nnsc1C(=O)N1CCCN(c2ccc(C(=O)N3CCNCC3)cc2NC(=O)c2ccc(C(C)(C)C)cc2)CC1. The maximum atomic E-state index is 13.5. The van der Waals surface area contributed by atoms with Crippen LogP contribution in [0.15, 0.2) is 42.5 Å². The predicted molar refractivity (Wildman–Crippen MR) is 166 cm³/mol. The molecule has 2 aliphatic heterocycles. The molecule has 5 rings (SSSR count). The minimum Gasteiger partial charge on any atom is -0.368 e. The molecule has 3 amide bonds. The number of aryl methyl sites for hydroxylation is 1. The highest BCUT2D eigenvalue weighted by atomic mass is 32.1. The number of benzene rings is 2. The Labute approximate surface area is 251 Å². The van der Waals surface area contributed by atoms with Gasteiger partial charge >= 0.3 is 0 Å². The van der Waals surface area contributed by atoms with E-state index in [-0.39, 0.29) is 23.1 Å². The van der Waals surface area contributed by atoms with Crippen molar-refractivity contribution in [3.63, 3.8) is 0 Å². The summed E-state index contributed by atoms with van der Waals surface area (Å²) in [6, 6.07) is 13.2. The third kappa shape index (κ3) is 6.63. The molecule has 0 aliphatic carbocycles. The lowest BCUT2D eigenvalue weighted by atomic mass is 9.86. The number of carbonyl (C=O) groups is 3. The van der Waals surface area contributed by atoms with Crippen LogP contribution in [0.25, 0.3) is 0 Å². The number of piperazine rings is 1. The molecular weight excluding hydrogens is 550 g/mol. The van der Waals surface area contributed by atoms with Gasteiger partial charge in [0.05, 0.1) is 17.1 Å². The van der Waals surface area contributed by atoms with Crippen molar-refractivity contribution in [1.82, 2.24) is 24.7 Å². The van der Waals surface area contributed by atoms with Crippen molar-refractivity contribution < 1.29 is 14.4 Å². The van der Waals surface area contributed by atoms with E-state index >= 15 is 0 Å². The molecular formula is C31H39N7O3S. The van der Waals surface area contributed by atoms with Gasteiger partial charge in [0.25, 0.3) is 17.7 Å². The van der Waals surface area contributed by atoms with Crippen LogP contribution in [-0.2, 0) is 5.41 Å². The molecule has 1 aromatic heterocycles. The maximum absolute atomic E-state index is 13.5. The fraction of sp³-hybridized carbons (Fsp3) is 0.452. The van der Waals surface area contributed by atoms with Gasteiger partial charge in [0.15, 0.2) is 0 Å². The smallest absolute Gasteiger partial charge is 0.267 e. The third-order valence-electron chi connectivity index (χ3n) is 7.88. The Balaban J connectivity index is 1.40. The van der Waals surface area contributed by atoms with Crippen molar-refractivity contribution >= 4 is 40.6 Å². The Hall–Kier alpha value is -3.83. The third-order valence-corrected chi connectivity index (χ3v) is 8.69. The molecule has 0 bridgehead atoms. The van der Waals surface area contributed by atoms with Crippen LogP contribution in [0.3, 0.4) is 0 Å². The molecule has 0 atom stereocenters. The Morgan fingerprint density at radius 2 is 1.55 bits per heavy atom. The lowest BCUT2D eigenvalue weighted by Gasteiger charge is -2.29. The fourth-order valence-electron chi connectivity index (χ4n) is 5.34. The van der Waals surface area contributed by atoms with E-state index in [1.807, 2.05) is 46.2 Å². The summed E-state index contributed by atoms with van der Waals surface area (Å²) in [4.78, 5) is 46.4. The van der Waals surface area contributed by atoms with Crippen LogP contribution in [0.5, 0.6) is 0 Å². The van der Waals surface area contributed by atoms with Gasteiger partial charge in [0, 0.05) is 63.5 Å². The highest BCUT2D eigenvalue weighted by Crippen LogP contribution is 2.30. The van der Waals surface area contributed by atoms with E-state index in [9.17, 15) is 14.4 Å². The second-order valence-electron chi connectivity index (χ2n) is 11.9. The number of nitrogens with zero attached hydrogens (tertiary/aromatic N) is 5. The zero-order chi connectivity index (χ0) is 29.9. The van der Waals surface area contributed by atoms with Crippen molar-refractivity contribution in [2.24, 2.45) is 0 Å². The highest BCUT2D eigenvalue weighted by molar-refractivity contribution is 7.07. The highest BCUT2D eigenvalue weighted by Gasteiger charge is 2.26. The van der Waals surface area contributed by atoms with E-state index in [2.05, 4.69) is 45.9 Å². The molecule has 42 heavy (non-hydrogen) atoms. The van der Waals surface area contributed by atoms with Crippen LogP contribution in [0.1, 0.15) is 68.8 Å². The molecule has 222 valence electrons. The zero-order valence-electron chi connectivity index (χ0n) is 24.8. The summed E-state index contributed by atoms with van der Waals surface area (Å²) < 4.78 is 3.92. The van der Waals surface area contributed by atoms with Crippen LogP contribution in [0, 0.1) is 6.92 Å². The Kier molecular flexibility index (Phi) is 8.88. The van der Waals surface area contributed by atoms with Crippen molar-refractivity contribution in [3.05, 3.63) is 69.7 Å². The predicted octanol–water partition coefficient (Wildman–Crippen LogP) is 3.79. The summed E-state index contributed by atoms with van der Waals surface area (Å²) in [5.74, 6) is -0.328. The van der Waals surface area contributed by atoms with Gasteiger partial charge < -0.3 is 25.3 Å². The van der Waals surface area contributed by atoms with Crippen LogP contribution in [0.4, 0.5) is 11.4 Å². The largest absolute Gasteiger partial charge is 0.368 e. The molecule has 0 spiro atoms. The summed E-state index contributed by atoms with van der Waals surface area (Å²) >= 11 is 1.13. The van der Waals surface area contributed by atoms with Crippen molar-refractivity contribution in [1.29, 1.82) is 0 Å². The number of hydrogen-bond acceptors (Lipinski definition) is 8. The monoisotopic (exact) mass is 589 g/mol. The first-order valence-electron chi connectivity index (χ1n) is 14.5. The van der Waals surface area contributed by atoms with E-state index in [0.29, 0.717) is 66.7 Å². The first-order chi connectivity index (χ1) is 20.1. The molecule has 0 unspecified atom stereocenters. The normalized spacial score (nSPS) is 16.2.